The number of halogens is 1. The molecule has 1 aromatic carbocycles. The Labute approximate surface area is 98.1 Å². The third kappa shape index (κ3) is 1.63. The van der Waals surface area contributed by atoms with Crippen LogP contribution in [-0.2, 0) is 11.2 Å². The summed E-state index contributed by atoms with van der Waals surface area (Å²) in [5.74, 6) is 0. The number of benzene rings is 1. The molecular formula is C12H14BrNO. The van der Waals surface area contributed by atoms with E-state index in [1.165, 1.54) is 22.0 Å². The van der Waals surface area contributed by atoms with Gasteiger partial charge in [0.25, 0.3) is 0 Å². The molecule has 0 radical (unpaired) electrons. The number of morpholine rings is 1. The smallest absolute Gasteiger partial charge is 0.0981 e. The van der Waals surface area contributed by atoms with Gasteiger partial charge in [-0.2, -0.15) is 0 Å². The topological polar surface area (TPSA) is 21.3 Å². The molecule has 1 N–H and O–H groups in total. The number of ether oxygens (including phenoxy) is 1. The van der Waals surface area contributed by atoms with Crippen molar-refractivity contribution in [3.8, 4) is 0 Å². The van der Waals surface area contributed by atoms with Crippen LogP contribution in [0.4, 0.5) is 0 Å². The third-order valence-electron chi connectivity index (χ3n) is 3.34. The van der Waals surface area contributed by atoms with E-state index in [1.807, 2.05) is 0 Å². The van der Waals surface area contributed by atoms with Crippen LogP contribution in [0.5, 0.6) is 0 Å². The first-order valence-corrected chi connectivity index (χ1v) is 6.28. The van der Waals surface area contributed by atoms with Gasteiger partial charge in [0, 0.05) is 17.1 Å². The summed E-state index contributed by atoms with van der Waals surface area (Å²) >= 11 is 3.62. The molecule has 2 unspecified atom stereocenters. The van der Waals surface area contributed by atoms with E-state index in [9.17, 15) is 0 Å². The van der Waals surface area contributed by atoms with Crippen LogP contribution in [0, 0.1) is 0 Å². The van der Waals surface area contributed by atoms with Gasteiger partial charge < -0.3 is 10.1 Å². The molecule has 2 aliphatic rings. The van der Waals surface area contributed by atoms with Gasteiger partial charge in [0.05, 0.1) is 12.7 Å². The molecule has 0 spiro atoms. The van der Waals surface area contributed by atoms with Crippen LogP contribution in [0.3, 0.4) is 0 Å². The Morgan fingerprint density at radius 1 is 1.40 bits per heavy atom. The van der Waals surface area contributed by atoms with Gasteiger partial charge in [-0.25, -0.2) is 0 Å². The van der Waals surface area contributed by atoms with Crippen molar-refractivity contribution in [2.45, 2.75) is 25.0 Å². The van der Waals surface area contributed by atoms with E-state index in [0.29, 0.717) is 6.04 Å². The van der Waals surface area contributed by atoms with Gasteiger partial charge in [-0.15, -0.1) is 0 Å². The maximum atomic E-state index is 5.88. The van der Waals surface area contributed by atoms with Crippen molar-refractivity contribution < 1.29 is 4.74 Å². The van der Waals surface area contributed by atoms with Crippen molar-refractivity contribution in [1.29, 1.82) is 0 Å². The number of rotatable bonds is 0. The Bertz CT molecular complexity index is 380. The summed E-state index contributed by atoms with van der Waals surface area (Å²) in [6.45, 7) is 1.82. The fraction of sp³-hybridized carbons (Fsp3) is 0.500. The first-order chi connectivity index (χ1) is 7.36. The van der Waals surface area contributed by atoms with E-state index in [0.717, 1.165) is 19.6 Å². The first kappa shape index (κ1) is 9.82. The highest BCUT2D eigenvalue weighted by atomic mass is 79.9. The van der Waals surface area contributed by atoms with Crippen LogP contribution in [0.2, 0.25) is 0 Å². The lowest BCUT2D eigenvalue weighted by atomic mass is 9.85. The highest BCUT2D eigenvalue weighted by Crippen LogP contribution is 2.37. The van der Waals surface area contributed by atoms with Gasteiger partial charge in [0.1, 0.15) is 0 Å². The van der Waals surface area contributed by atoms with Crippen LogP contribution in [-0.4, -0.2) is 19.2 Å². The zero-order valence-electron chi connectivity index (χ0n) is 8.50. The normalized spacial score (nSPS) is 29.4. The lowest BCUT2D eigenvalue weighted by Crippen LogP contribution is -2.45. The first-order valence-electron chi connectivity index (χ1n) is 5.48. The highest BCUT2D eigenvalue weighted by Gasteiger charge is 2.32. The van der Waals surface area contributed by atoms with Crippen LogP contribution in [0.1, 0.15) is 23.7 Å². The van der Waals surface area contributed by atoms with Crippen molar-refractivity contribution in [1.82, 2.24) is 5.32 Å². The molecule has 1 aliphatic heterocycles. The van der Waals surface area contributed by atoms with Crippen molar-refractivity contribution in [3.05, 3.63) is 33.8 Å². The summed E-state index contributed by atoms with van der Waals surface area (Å²) < 4.78 is 7.11. The number of hydrogen-bond donors (Lipinski definition) is 1. The lowest BCUT2D eigenvalue weighted by Gasteiger charge is -2.38. The van der Waals surface area contributed by atoms with Crippen LogP contribution >= 0.6 is 15.9 Å². The summed E-state index contributed by atoms with van der Waals surface area (Å²) in [6, 6.07) is 6.93. The second kappa shape index (κ2) is 3.89. The summed E-state index contributed by atoms with van der Waals surface area (Å²) in [4.78, 5) is 0. The van der Waals surface area contributed by atoms with Crippen molar-refractivity contribution >= 4 is 15.9 Å². The van der Waals surface area contributed by atoms with E-state index in [4.69, 9.17) is 4.74 Å². The molecule has 2 nitrogen and oxygen atoms in total. The summed E-state index contributed by atoms with van der Waals surface area (Å²) in [5.41, 5.74) is 2.80. The predicted octanol–water partition coefficient (Wildman–Crippen LogP) is 2.42. The summed E-state index contributed by atoms with van der Waals surface area (Å²) in [7, 11) is 0. The van der Waals surface area contributed by atoms with Crippen molar-refractivity contribution in [2.24, 2.45) is 0 Å². The molecule has 1 aromatic rings. The van der Waals surface area contributed by atoms with Gasteiger partial charge in [-0.1, -0.05) is 28.1 Å². The minimum Gasteiger partial charge on any atom is -0.371 e. The Morgan fingerprint density at radius 3 is 3.27 bits per heavy atom. The average molecular weight is 268 g/mol. The molecule has 2 atom stereocenters. The highest BCUT2D eigenvalue weighted by molar-refractivity contribution is 9.10. The molecule has 0 saturated carbocycles. The molecule has 80 valence electrons. The van der Waals surface area contributed by atoms with Gasteiger partial charge in [0.2, 0.25) is 0 Å². The van der Waals surface area contributed by atoms with Gasteiger partial charge in [-0.05, 0) is 30.0 Å². The fourth-order valence-electron chi connectivity index (χ4n) is 2.62. The largest absolute Gasteiger partial charge is 0.371 e. The average Bonchev–Trinajstić information content (AvgIpc) is 2.29. The minimum atomic E-state index is 0.264. The molecule has 1 aliphatic carbocycles. The molecule has 3 heteroatoms. The monoisotopic (exact) mass is 267 g/mol. The quantitative estimate of drug-likeness (QED) is 0.780. The molecule has 0 aromatic heterocycles. The molecule has 1 heterocycles. The van der Waals surface area contributed by atoms with Crippen molar-refractivity contribution in [2.75, 3.05) is 13.2 Å². The predicted molar refractivity (Wildman–Crippen MR) is 62.9 cm³/mol. The van der Waals surface area contributed by atoms with Crippen LogP contribution in [0.25, 0.3) is 0 Å². The van der Waals surface area contributed by atoms with E-state index in [1.54, 1.807) is 0 Å². The Kier molecular flexibility index (Phi) is 2.54. The summed E-state index contributed by atoms with van der Waals surface area (Å²) in [6.07, 6.45) is 2.59. The number of fused-ring (bicyclic) bond motifs is 3. The lowest BCUT2D eigenvalue weighted by molar-refractivity contribution is -0.0127. The molecule has 1 saturated heterocycles. The van der Waals surface area contributed by atoms with E-state index in [-0.39, 0.29) is 6.10 Å². The fourth-order valence-corrected chi connectivity index (χ4v) is 3.20. The maximum Gasteiger partial charge on any atom is 0.0981 e. The third-order valence-corrected chi connectivity index (χ3v) is 4.08. The SMILES string of the molecule is Brc1cccc2c1CCC1NCCOC21. The van der Waals surface area contributed by atoms with E-state index < -0.39 is 0 Å². The van der Waals surface area contributed by atoms with Gasteiger partial charge in [-0.3, -0.25) is 0 Å². The molecule has 15 heavy (non-hydrogen) atoms. The van der Waals surface area contributed by atoms with E-state index in [2.05, 4.69) is 39.4 Å². The zero-order valence-corrected chi connectivity index (χ0v) is 10.1. The van der Waals surface area contributed by atoms with Crippen LogP contribution < -0.4 is 5.32 Å². The van der Waals surface area contributed by atoms with Gasteiger partial charge >= 0.3 is 0 Å². The maximum absolute atomic E-state index is 5.88. The van der Waals surface area contributed by atoms with E-state index >= 15 is 0 Å². The molecule has 3 rings (SSSR count). The van der Waals surface area contributed by atoms with Crippen molar-refractivity contribution in [3.63, 3.8) is 0 Å². The number of hydrogen-bond acceptors (Lipinski definition) is 2. The molecular weight excluding hydrogens is 254 g/mol. The zero-order chi connectivity index (χ0) is 10.3. The molecule has 0 amide bonds. The second-order valence-electron chi connectivity index (χ2n) is 4.20. The standard InChI is InChI=1S/C12H14BrNO/c13-10-3-1-2-9-8(10)4-5-11-12(9)15-7-6-14-11/h1-3,11-12,14H,4-7H2. The second-order valence-corrected chi connectivity index (χ2v) is 5.05. The molecule has 1 fully saturated rings. The Hall–Kier alpha value is -0.380. The Morgan fingerprint density at radius 2 is 2.33 bits per heavy atom. The van der Waals surface area contributed by atoms with Crippen LogP contribution in [0.15, 0.2) is 22.7 Å². The summed E-state index contributed by atoms with van der Waals surface area (Å²) in [5, 5.41) is 3.54. The minimum absolute atomic E-state index is 0.264. The van der Waals surface area contributed by atoms with Gasteiger partial charge in [0.15, 0.2) is 0 Å². The molecule has 0 bridgehead atoms. The Balaban J connectivity index is 2.03. The number of nitrogens with one attached hydrogen (secondary N) is 1.